The molecule has 0 bridgehead atoms. The number of hydrogen-bond donors (Lipinski definition) is 2. The van der Waals surface area contributed by atoms with Gasteiger partial charge in [0.05, 0.1) is 16.8 Å². The summed E-state index contributed by atoms with van der Waals surface area (Å²) in [7, 11) is 0. The molecule has 2 heterocycles. The first kappa shape index (κ1) is 16.9. The molecule has 1 aromatic heterocycles. The van der Waals surface area contributed by atoms with E-state index < -0.39 is 11.7 Å². The number of nitrogens with one attached hydrogen (secondary N) is 1. The number of piperidine rings is 1. The number of rotatable bonds is 4. The van der Waals surface area contributed by atoms with Crippen LogP contribution in [0.15, 0.2) is 42.7 Å². The first-order valence-electron chi connectivity index (χ1n) is 8.10. The van der Waals surface area contributed by atoms with E-state index in [1.54, 1.807) is 29.3 Å². The highest BCUT2D eigenvalue weighted by atomic mass is 19.1. The molecule has 1 saturated heterocycles. The number of nitrogens with zero attached hydrogens (tertiary/aromatic N) is 2. The monoisotopic (exact) mass is 342 g/mol. The maximum atomic E-state index is 13.8. The minimum Gasteiger partial charge on any atom is -0.381 e. The summed E-state index contributed by atoms with van der Waals surface area (Å²) < 4.78 is 13.8. The van der Waals surface area contributed by atoms with Crippen LogP contribution < -0.4 is 11.1 Å². The van der Waals surface area contributed by atoms with Crippen molar-refractivity contribution < 1.29 is 14.0 Å². The number of aromatic nitrogens is 1. The van der Waals surface area contributed by atoms with Gasteiger partial charge in [0.25, 0.3) is 11.8 Å². The van der Waals surface area contributed by atoms with Crippen molar-refractivity contribution in [1.29, 1.82) is 0 Å². The number of primary amides is 1. The lowest BCUT2D eigenvalue weighted by molar-refractivity contribution is 0.0713. The summed E-state index contributed by atoms with van der Waals surface area (Å²) in [5.41, 5.74) is 6.43. The van der Waals surface area contributed by atoms with Gasteiger partial charge in [0.15, 0.2) is 0 Å². The highest BCUT2D eigenvalue weighted by molar-refractivity contribution is 5.98. The molecule has 6 nitrogen and oxygen atoms in total. The van der Waals surface area contributed by atoms with E-state index in [-0.39, 0.29) is 17.5 Å². The molecule has 0 unspecified atom stereocenters. The number of halogens is 1. The van der Waals surface area contributed by atoms with Gasteiger partial charge in [0.1, 0.15) is 5.82 Å². The molecule has 130 valence electrons. The summed E-state index contributed by atoms with van der Waals surface area (Å²) in [6.07, 6.45) is 4.41. The Bertz CT molecular complexity index is 788. The zero-order chi connectivity index (χ0) is 17.8. The third-order valence-corrected chi connectivity index (χ3v) is 4.33. The van der Waals surface area contributed by atoms with Gasteiger partial charge in [-0.2, -0.15) is 0 Å². The predicted octanol–water partition coefficient (Wildman–Crippen LogP) is 2.04. The number of nitrogens with two attached hydrogens (primary N) is 1. The molecule has 2 amide bonds. The van der Waals surface area contributed by atoms with Crippen molar-refractivity contribution in [3.05, 3.63) is 59.7 Å². The predicted molar refractivity (Wildman–Crippen MR) is 91.7 cm³/mol. The SMILES string of the molecule is NC(=O)c1cnccc1NC1CCN(C(=O)c2ccccc2F)CC1. The van der Waals surface area contributed by atoms with Gasteiger partial charge in [-0.1, -0.05) is 12.1 Å². The molecule has 0 saturated carbocycles. The first-order chi connectivity index (χ1) is 12.1. The van der Waals surface area contributed by atoms with Crippen molar-refractivity contribution in [3.8, 4) is 0 Å². The van der Waals surface area contributed by atoms with Crippen molar-refractivity contribution >= 4 is 17.5 Å². The first-order valence-corrected chi connectivity index (χ1v) is 8.10. The van der Waals surface area contributed by atoms with Crippen LogP contribution in [0.3, 0.4) is 0 Å². The van der Waals surface area contributed by atoms with Gasteiger partial charge >= 0.3 is 0 Å². The van der Waals surface area contributed by atoms with Gasteiger partial charge in [-0.25, -0.2) is 4.39 Å². The van der Waals surface area contributed by atoms with Gasteiger partial charge in [-0.3, -0.25) is 14.6 Å². The van der Waals surface area contributed by atoms with Gasteiger partial charge < -0.3 is 16.0 Å². The molecule has 1 aliphatic heterocycles. The topological polar surface area (TPSA) is 88.3 Å². The molecule has 2 aromatic rings. The average molecular weight is 342 g/mol. The molecule has 0 atom stereocenters. The second-order valence-electron chi connectivity index (χ2n) is 5.98. The minimum absolute atomic E-state index is 0.0963. The largest absolute Gasteiger partial charge is 0.381 e. The summed E-state index contributed by atoms with van der Waals surface area (Å²) in [4.78, 5) is 29.4. The molecular weight excluding hydrogens is 323 g/mol. The number of amides is 2. The highest BCUT2D eigenvalue weighted by Crippen LogP contribution is 2.21. The number of pyridine rings is 1. The average Bonchev–Trinajstić information content (AvgIpc) is 2.62. The second kappa shape index (κ2) is 7.29. The smallest absolute Gasteiger partial charge is 0.256 e. The Morgan fingerprint density at radius 1 is 1.16 bits per heavy atom. The molecular formula is C18H19FN4O2. The third-order valence-electron chi connectivity index (χ3n) is 4.33. The molecule has 0 aliphatic carbocycles. The number of benzene rings is 1. The number of anilines is 1. The van der Waals surface area contributed by atoms with E-state index in [1.165, 1.54) is 18.3 Å². The van der Waals surface area contributed by atoms with Crippen LogP contribution in [0, 0.1) is 5.82 Å². The van der Waals surface area contributed by atoms with Gasteiger partial charge in [-0.15, -0.1) is 0 Å². The van der Waals surface area contributed by atoms with E-state index in [2.05, 4.69) is 10.3 Å². The fourth-order valence-electron chi connectivity index (χ4n) is 2.97. The van der Waals surface area contributed by atoms with Crippen molar-refractivity contribution in [2.45, 2.75) is 18.9 Å². The quantitative estimate of drug-likeness (QED) is 0.890. The Morgan fingerprint density at radius 2 is 1.88 bits per heavy atom. The molecule has 25 heavy (non-hydrogen) atoms. The van der Waals surface area contributed by atoms with Crippen LogP contribution in [0.2, 0.25) is 0 Å². The van der Waals surface area contributed by atoms with E-state index in [0.717, 1.165) is 0 Å². The summed E-state index contributed by atoms with van der Waals surface area (Å²) >= 11 is 0. The standard InChI is InChI=1S/C18H19FN4O2/c19-15-4-2-1-3-13(15)18(25)23-9-6-12(7-10-23)22-16-5-8-21-11-14(16)17(20)24/h1-5,8,11-12H,6-7,9-10H2,(H2,20,24)(H,21,22). The van der Waals surface area contributed by atoms with Crippen LogP contribution in [0.1, 0.15) is 33.6 Å². The number of carbonyl (C=O) groups excluding carboxylic acids is 2. The fraction of sp³-hybridized carbons (Fsp3) is 0.278. The van der Waals surface area contributed by atoms with E-state index in [1.807, 2.05) is 0 Å². The van der Waals surface area contributed by atoms with Crippen LogP contribution in [0.4, 0.5) is 10.1 Å². The number of hydrogen-bond acceptors (Lipinski definition) is 4. The lowest BCUT2D eigenvalue weighted by atomic mass is 10.0. The normalized spacial score (nSPS) is 15.0. The van der Waals surface area contributed by atoms with Crippen LogP contribution in [-0.4, -0.2) is 40.8 Å². The second-order valence-corrected chi connectivity index (χ2v) is 5.98. The van der Waals surface area contributed by atoms with Crippen LogP contribution >= 0.6 is 0 Å². The third kappa shape index (κ3) is 3.76. The molecule has 3 N–H and O–H groups in total. The Labute approximate surface area is 144 Å². The highest BCUT2D eigenvalue weighted by Gasteiger charge is 2.25. The van der Waals surface area contributed by atoms with Crippen LogP contribution in [0.25, 0.3) is 0 Å². The summed E-state index contributed by atoms with van der Waals surface area (Å²) in [5.74, 6) is -1.34. The molecule has 7 heteroatoms. The lowest BCUT2D eigenvalue weighted by Gasteiger charge is -2.33. The fourth-order valence-corrected chi connectivity index (χ4v) is 2.97. The zero-order valence-corrected chi connectivity index (χ0v) is 13.6. The molecule has 0 radical (unpaired) electrons. The number of likely N-dealkylation sites (tertiary alicyclic amines) is 1. The molecule has 1 fully saturated rings. The van der Waals surface area contributed by atoms with E-state index in [4.69, 9.17) is 5.73 Å². The van der Waals surface area contributed by atoms with Crippen LogP contribution in [-0.2, 0) is 0 Å². The van der Waals surface area contributed by atoms with Crippen molar-refractivity contribution in [1.82, 2.24) is 9.88 Å². The van der Waals surface area contributed by atoms with Gasteiger partial charge in [0.2, 0.25) is 0 Å². The Balaban J connectivity index is 1.62. The minimum atomic E-state index is -0.539. The van der Waals surface area contributed by atoms with E-state index in [9.17, 15) is 14.0 Å². The molecule has 1 aromatic carbocycles. The molecule has 0 spiro atoms. The number of carbonyl (C=O) groups is 2. The van der Waals surface area contributed by atoms with Gasteiger partial charge in [-0.05, 0) is 31.0 Å². The van der Waals surface area contributed by atoms with E-state index in [0.29, 0.717) is 37.2 Å². The van der Waals surface area contributed by atoms with Gasteiger partial charge in [0, 0.05) is 31.5 Å². The van der Waals surface area contributed by atoms with Crippen LogP contribution in [0.5, 0.6) is 0 Å². The molecule has 1 aliphatic rings. The Hall–Kier alpha value is -2.96. The summed E-state index contributed by atoms with van der Waals surface area (Å²) in [5, 5.41) is 3.29. The van der Waals surface area contributed by atoms with Crippen molar-refractivity contribution in [2.75, 3.05) is 18.4 Å². The zero-order valence-electron chi connectivity index (χ0n) is 13.6. The van der Waals surface area contributed by atoms with Crippen molar-refractivity contribution in [3.63, 3.8) is 0 Å². The summed E-state index contributed by atoms with van der Waals surface area (Å²) in [6, 6.07) is 7.81. The maximum absolute atomic E-state index is 13.8. The maximum Gasteiger partial charge on any atom is 0.256 e. The lowest BCUT2D eigenvalue weighted by Crippen LogP contribution is -2.42. The van der Waals surface area contributed by atoms with E-state index >= 15 is 0 Å². The Morgan fingerprint density at radius 3 is 2.56 bits per heavy atom. The Kier molecular flexibility index (Phi) is 4.92. The molecule has 3 rings (SSSR count). The summed E-state index contributed by atoms with van der Waals surface area (Å²) in [6.45, 7) is 1.03. The van der Waals surface area contributed by atoms with Crippen molar-refractivity contribution in [2.24, 2.45) is 5.73 Å².